The van der Waals surface area contributed by atoms with Gasteiger partial charge in [0.2, 0.25) is 0 Å². The molecule has 108 valence electrons. The molecule has 0 radical (unpaired) electrons. The summed E-state index contributed by atoms with van der Waals surface area (Å²) < 4.78 is 31.5. The molecule has 18 heavy (non-hydrogen) atoms. The molecule has 1 amide bonds. The third kappa shape index (κ3) is 8.26. The van der Waals surface area contributed by atoms with E-state index in [0.717, 1.165) is 12.8 Å². The van der Waals surface area contributed by atoms with Crippen LogP contribution in [0, 0.1) is 5.41 Å². The van der Waals surface area contributed by atoms with Crippen LogP contribution >= 0.6 is 0 Å². The van der Waals surface area contributed by atoms with Crippen molar-refractivity contribution < 1.29 is 17.9 Å². The minimum absolute atomic E-state index is 0.114. The number of carbonyl (C=O) groups excluding carboxylic acids is 1. The summed E-state index contributed by atoms with van der Waals surface area (Å²) in [5.74, 6) is 0. The van der Waals surface area contributed by atoms with E-state index in [0.29, 0.717) is 6.54 Å². The van der Waals surface area contributed by atoms with Crippen LogP contribution in [0.3, 0.4) is 0 Å². The Hall–Kier alpha value is -0.860. The zero-order valence-corrected chi connectivity index (χ0v) is 12.0. The Bertz CT molecular complexity index is 354. The van der Waals surface area contributed by atoms with Gasteiger partial charge >= 0.3 is 16.3 Å². The van der Waals surface area contributed by atoms with Crippen LogP contribution in [-0.2, 0) is 14.9 Å². The number of nitrogens with one attached hydrogen (secondary N) is 2. The maximum absolute atomic E-state index is 11.5. The molecule has 0 aliphatic rings. The number of hydrogen-bond donors (Lipinski definition) is 3. The summed E-state index contributed by atoms with van der Waals surface area (Å²) >= 11 is 0. The lowest BCUT2D eigenvalue weighted by Crippen LogP contribution is -2.44. The predicted octanol–water partition coefficient (Wildman–Crippen LogP) is 0.332. The van der Waals surface area contributed by atoms with E-state index in [4.69, 9.17) is 5.73 Å². The van der Waals surface area contributed by atoms with Crippen molar-refractivity contribution in [1.29, 1.82) is 0 Å². The van der Waals surface area contributed by atoms with Crippen LogP contribution in [0.2, 0.25) is 0 Å². The summed E-state index contributed by atoms with van der Waals surface area (Å²) in [6.45, 7) is 6.35. The van der Waals surface area contributed by atoms with Crippen LogP contribution in [0.1, 0.15) is 33.6 Å². The highest BCUT2D eigenvalue weighted by molar-refractivity contribution is 7.88. The topological polar surface area (TPSA) is 111 Å². The lowest BCUT2D eigenvalue weighted by Gasteiger charge is -2.24. The Labute approximate surface area is 109 Å². The summed E-state index contributed by atoms with van der Waals surface area (Å²) in [6, 6.07) is 0. The monoisotopic (exact) mass is 281 g/mol. The Morgan fingerprint density at radius 3 is 2.50 bits per heavy atom. The van der Waals surface area contributed by atoms with E-state index in [1.165, 1.54) is 0 Å². The van der Waals surface area contributed by atoms with Gasteiger partial charge in [-0.05, 0) is 31.7 Å². The van der Waals surface area contributed by atoms with Crippen molar-refractivity contribution in [1.82, 2.24) is 9.44 Å². The van der Waals surface area contributed by atoms with Crippen molar-refractivity contribution in [3.8, 4) is 0 Å². The number of carbonyl (C=O) groups is 1. The molecule has 0 saturated heterocycles. The molecule has 4 N–H and O–H groups in total. The molecule has 0 fully saturated rings. The molecule has 0 aliphatic carbocycles. The van der Waals surface area contributed by atoms with E-state index < -0.39 is 16.3 Å². The Kier molecular flexibility index (Phi) is 7.19. The SMILES string of the molecule is CCOC(=O)NS(=O)(=O)NCC(C)(C)CCCN. The van der Waals surface area contributed by atoms with Crippen LogP contribution < -0.4 is 15.2 Å². The molecule has 0 aromatic heterocycles. The molecule has 8 heteroatoms. The first kappa shape index (κ1) is 17.1. The van der Waals surface area contributed by atoms with Gasteiger partial charge in [0.15, 0.2) is 0 Å². The third-order valence-corrected chi connectivity index (χ3v) is 3.25. The summed E-state index contributed by atoms with van der Waals surface area (Å²) in [5.41, 5.74) is 5.19. The van der Waals surface area contributed by atoms with Crippen molar-refractivity contribution in [2.24, 2.45) is 11.1 Å². The Balaban J connectivity index is 4.21. The molecule has 0 unspecified atom stereocenters. The summed E-state index contributed by atoms with van der Waals surface area (Å²) in [4.78, 5) is 11.0. The van der Waals surface area contributed by atoms with Crippen LogP contribution in [0.5, 0.6) is 0 Å². The fraction of sp³-hybridized carbons (Fsp3) is 0.900. The molecular weight excluding hydrogens is 258 g/mol. The van der Waals surface area contributed by atoms with E-state index in [-0.39, 0.29) is 18.6 Å². The average molecular weight is 281 g/mol. The first-order valence-corrected chi connectivity index (χ1v) is 7.35. The van der Waals surface area contributed by atoms with Gasteiger partial charge in [-0.25, -0.2) is 9.52 Å². The molecule has 7 nitrogen and oxygen atoms in total. The van der Waals surface area contributed by atoms with Gasteiger partial charge < -0.3 is 10.5 Å². The summed E-state index contributed by atoms with van der Waals surface area (Å²) in [6.07, 6.45) is 0.635. The van der Waals surface area contributed by atoms with Crippen molar-refractivity contribution in [3.63, 3.8) is 0 Å². The minimum Gasteiger partial charge on any atom is -0.449 e. The normalized spacial score (nSPS) is 12.2. The van der Waals surface area contributed by atoms with Crippen LogP contribution in [0.4, 0.5) is 4.79 Å². The highest BCUT2D eigenvalue weighted by Gasteiger charge is 2.22. The molecule has 0 spiro atoms. The number of ether oxygens (including phenoxy) is 1. The molecule has 0 aromatic rings. The largest absolute Gasteiger partial charge is 0.449 e. The first-order chi connectivity index (χ1) is 8.22. The minimum atomic E-state index is -3.87. The van der Waals surface area contributed by atoms with Crippen LogP contribution in [0.25, 0.3) is 0 Å². The fourth-order valence-electron chi connectivity index (χ4n) is 1.27. The number of hydrogen-bond acceptors (Lipinski definition) is 5. The zero-order valence-electron chi connectivity index (χ0n) is 11.2. The maximum atomic E-state index is 11.5. The molecule has 0 atom stereocenters. The standard InChI is InChI=1S/C10H23N3O4S/c1-4-17-9(14)13-18(15,16)12-8-10(2,3)6-5-7-11/h12H,4-8,11H2,1-3H3,(H,13,14). The van der Waals surface area contributed by atoms with E-state index in [2.05, 4.69) is 9.46 Å². The van der Waals surface area contributed by atoms with E-state index in [9.17, 15) is 13.2 Å². The van der Waals surface area contributed by atoms with Crippen molar-refractivity contribution in [3.05, 3.63) is 0 Å². The van der Waals surface area contributed by atoms with E-state index in [1.807, 2.05) is 13.8 Å². The molecular formula is C10H23N3O4S. The summed E-state index contributed by atoms with van der Waals surface area (Å²) in [5, 5.41) is 0. The summed E-state index contributed by atoms with van der Waals surface area (Å²) in [7, 11) is -3.87. The second kappa shape index (κ2) is 7.55. The van der Waals surface area contributed by atoms with Gasteiger partial charge in [-0.1, -0.05) is 13.8 Å². The molecule has 0 saturated carbocycles. The number of rotatable bonds is 8. The highest BCUT2D eigenvalue weighted by atomic mass is 32.2. The number of amides is 1. The first-order valence-electron chi connectivity index (χ1n) is 5.86. The van der Waals surface area contributed by atoms with E-state index >= 15 is 0 Å². The van der Waals surface area contributed by atoms with Crippen molar-refractivity contribution in [2.75, 3.05) is 19.7 Å². The van der Waals surface area contributed by atoms with Gasteiger partial charge in [-0.3, -0.25) is 0 Å². The smallest absolute Gasteiger partial charge is 0.421 e. The van der Waals surface area contributed by atoms with E-state index in [1.54, 1.807) is 11.6 Å². The van der Waals surface area contributed by atoms with Crippen LogP contribution in [-0.4, -0.2) is 34.2 Å². The predicted molar refractivity (Wildman–Crippen MR) is 69.1 cm³/mol. The molecule has 0 aliphatic heterocycles. The average Bonchev–Trinajstić information content (AvgIpc) is 2.24. The molecule has 0 rings (SSSR count). The maximum Gasteiger partial charge on any atom is 0.421 e. The van der Waals surface area contributed by atoms with Gasteiger partial charge in [0, 0.05) is 6.54 Å². The quantitative estimate of drug-likeness (QED) is 0.594. The molecule has 0 aromatic carbocycles. The number of nitrogens with two attached hydrogens (primary N) is 1. The van der Waals surface area contributed by atoms with Gasteiger partial charge in [0.25, 0.3) is 0 Å². The molecule has 0 heterocycles. The van der Waals surface area contributed by atoms with Gasteiger partial charge in [0.05, 0.1) is 6.61 Å². The molecule has 0 bridgehead atoms. The second-order valence-electron chi connectivity index (χ2n) is 4.70. The van der Waals surface area contributed by atoms with Crippen molar-refractivity contribution in [2.45, 2.75) is 33.6 Å². The van der Waals surface area contributed by atoms with Crippen molar-refractivity contribution >= 4 is 16.3 Å². The lowest BCUT2D eigenvalue weighted by atomic mass is 9.88. The second-order valence-corrected chi connectivity index (χ2v) is 6.20. The third-order valence-electron chi connectivity index (χ3n) is 2.29. The lowest BCUT2D eigenvalue weighted by molar-refractivity contribution is 0.158. The van der Waals surface area contributed by atoms with Crippen LogP contribution in [0.15, 0.2) is 0 Å². The Morgan fingerprint density at radius 2 is 2.00 bits per heavy atom. The van der Waals surface area contributed by atoms with Gasteiger partial charge in [-0.2, -0.15) is 13.1 Å². The Morgan fingerprint density at radius 1 is 1.39 bits per heavy atom. The van der Waals surface area contributed by atoms with Gasteiger partial charge in [0.1, 0.15) is 0 Å². The zero-order chi connectivity index (χ0) is 14.2. The highest BCUT2D eigenvalue weighted by Crippen LogP contribution is 2.20. The van der Waals surface area contributed by atoms with Gasteiger partial charge in [-0.15, -0.1) is 0 Å². The fourth-order valence-corrected chi connectivity index (χ4v) is 2.20.